The molecule has 1 atom stereocenters. The first-order valence-corrected chi connectivity index (χ1v) is 10.7. The third-order valence-electron chi connectivity index (χ3n) is 5.83. The second kappa shape index (κ2) is 9.82. The molecule has 2 aromatic carbocycles. The number of aromatic nitrogens is 4. The van der Waals surface area contributed by atoms with E-state index in [4.69, 9.17) is 4.74 Å². The van der Waals surface area contributed by atoms with Crippen molar-refractivity contribution in [1.29, 1.82) is 0 Å². The maximum absolute atomic E-state index is 5.25. The molecule has 0 saturated carbocycles. The Balaban J connectivity index is 1.39. The molecule has 0 unspecified atom stereocenters. The Bertz CT molecular complexity index is 903. The Hall–Kier alpha value is -2.77. The number of nitrogens with zero attached hydrogens (tertiary/aromatic N) is 6. The molecule has 0 spiro atoms. The number of hydrogen-bond acceptors (Lipinski definition) is 6. The fourth-order valence-electron chi connectivity index (χ4n) is 4.15. The Morgan fingerprint density at radius 3 is 2.27 bits per heavy atom. The van der Waals surface area contributed by atoms with Crippen molar-refractivity contribution in [3.63, 3.8) is 0 Å². The number of piperazine rings is 1. The van der Waals surface area contributed by atoms with Crippen molar-refractivity contribution in [2.24, 2.45) is 0 Å². The summed E-state index contributed by atoms with van der Waals surface area (Å²) in [6, 6.07) is 19.0. The van der Waals surface area contributed by atoms with E-state index in [9.17, 15) is 0 Å². The highest BCUT2D eigenvalue weighted by atomic mass is 16.5. The minimum Gasteiger partial charge on any atom is -0.497 e. The van der Waals surface area contributed by atoms with Gasteiger partial charge in [-0.1, -0.05) is 49.4 Å². The third-order valence-corrected chi connectivity index (χ3v) is 5.83. The van der Waals surface area contributed by atoms with Crippen LogP contribution in [0, 0.1) is 0 Å². The molecule has 1 aliphatic rings. The minimum atomic E-state index is 0.233. The van der Waals surface area contributed by atoms with Gasteiger partial charge < -0.3 is 4.74 Å². The fourth-order valence-corrected chi connectivity index (χ4v) is 4.15. The van der Waals surface area contributed by atoms with E-state index in [0.717, 1.165) is 56.3 Å². The summed E-state index contributed by atoms with van der Waals surface area (Å²) in [6.45, 7) is 8.07. The second-order valence-corrected chi connectivity index (χ2v) is 7.76. The van der Waals surface area contributed by atoms with Crippen LogP contribution in [0.3, 0.4) is 0 Å². The van der Waals surface area contributed by atoms with Crippen LogP contribution in [0.1, 0.15) is 36.3 Å². The fraction of sp³-hybridized carbons (Fsp3) is 0.435. The molecule has 1 fully saturated rings. The molecule has 0 radical (unpaired) electrons. The number of hydrogen-bond donors (Lipinski definition) is 0. The summed E-state index contributed by atoms with van der Waals surface area (Å²) in [5.74, 6) is 1.81. The molecule has 4 rings (SSSR count). The number of benzene rings is 2. The van der Waals surface area contributed by atoms with E-state index < -0.39 is 0 Å². The minimum absolute atomic E-state index is 0.233. The molecule has 1 aliphatic heterocycles. The molecular formula is C23H30N6O. The Morgan fingerprint density at radius 1 is 0.900 bits per heavy atom. The SMILES string of the molecule is CC[C@H](c1nnnn1Cc1ccc(OC)cc1)N1CCN(Cc2ccccc2)CC1. The summed E-state index contributed by atoms with van der Waals surface area (Å²) in [4.78, 5) is 5.05. The Kier molecular flexibility index (Phi) is 6.71. The molecule has 0 N–H and O–H groups in total. The summed E-state index contributed by atoms with van der Waals surface area (Å²) in [7, 11) is 1.68. The topological polar surface area (TPSA) is 59.3 Å². The van der Waals surface area contributed by atoms with Crippen LogP contribution in [0.15, 0.2) is 54.6 Å². The molecule has 1 saturated heterocycles. The van der Waals surface area contributed by atoms with E-state index in [0.29, 0.717) is 6.54 Å². The molecule has 1 aromatic heterocycles. The normalized spacial score (nSPS) is 16.5. The number of tetrazole rings is 1. The zero-order valence-electron chi connectivity index (χ0n) is 17.8. The van der Waals surface area contributed by atoms with Gasteiger partial charge in [-0.2, -0.15) is 0 Å². The molecule has 3 aromatic rings. The standard InChI is InChI=1S/C23H30N6O/c1-3-22(28-15-13-27(14-16-28)17-19-7-5-4-6-8-19)23-24-25-26-29(23)18-20-9-11-21(30-2)12-10-20/h4-12,22H,3,13-18H2,1-2H3/t22-/m1/s1. The number of ether oxygens (including phenoxy) is 1. The zero-order chi connectivity index (χ0) is 20.8. The second-order valence-electron chi connectivity index (χ2n) is 7.76. The summed E-state index contributed by atoms with van der Waals surface area (Å²) in [5, 5.41) is 12.7. The highest BCUT2D eigenvalue weighted by molar-refractivity contribution is 5.27. The Labute approximate surface area is 178 Å². The summed E-state index contributed by atoms with van der Waals surface area (Å²) >= 11 is 0. The molecule has 0 amide bonds. The average molecular weight is 407 g/mol. The predicted molar refractivity (Wildman–Crippen MR) is 116 cm³/mol. The maximum atomic E-state index is 5.25. The average Bonchev–Trinajstić information content (AvgIpc) is 3.24. The van der Waals surface area contributed by atoms with Crippen molar-refractivity contribution in [1.82, 2.24) is 30.0 Å². The molecule has 158 valence electrons. The summed E-state index contributed by atoms with van der Waals surface area (Å²) in [5.41, 5.74) is 2.54. The van der Waals surface area contributed by atoms with E-state index in [1.807, 2.05) is 16.8 Å². The molecular weight excluding hydrogens is 376 g/mol. The van der Waals surface area contributed by atoms with E-state index in [1.54, 1.807) is 7.11 Å². The summed E-state index contributed by atoms with van der Waals surface area (Å²) < 4.78 is 7.19. The van der Waals surface area contributed by atoms with Crippen LogP contribution in [0.2, 0.25) is 0 Å². The van der Waals surface area contributed by atoms with E-state index in [-0.39, 0.29) is 6.04 Å². The van der Waals surface area contributed by atoms with Gasteiger partial charge in [0, 0.05) is 32.7 Å². The van der Waals surface area contributed by atoms with Crippen LogP contribution in [-0.4, -0.2) is 63.3 Å². The van der Waals surface area contributed by atoms with E-state index in [1.165, 1.54) is 5.56 Å². The van der Waals surface area contributed by atoms with Crippen LogP contribution in [0.5, 0.6) is 5.75 Å². The van der Waals surface area contributed by atoms with Gasteiger partial charge in [0.2, 0.25) is 0 Å². The van der Waals surface area contributed by atoms with Crippen molar-refractivity contribution in [2.45, 2.75) is 32.5 Å². The first-order valence-electron chi connectivity index (χ1n) is 10.7. The smallest absolute Gasteiger partial charge is 0.168 e. The van der Waals surface area contributed by atoms with Crippen molar-refractivity contribution in [3.05, 3.63) is 71.5 Å². The molecule has 2 heterocycles. The predicted octanol–water partition coefficient (Wildman–Crippen LogP) is 3.00. The molecule has 7 nitrogen and oxygen atoms in total. The first kappa shape index (κ1) is 20.5. The van der Waals surface area contributed by atoms with Gasteiger partial charge in [0.05, 0.1) is 19.7 Å². The van der Waals surface area contributed by atoms with Gasteiger partial charge in [-0.15, -0.1) is 5.10 Å². The zero-order valence-corrected chi connectivity index (χ0v) is 17.8. The number of methoxy groups -OCH3 is 1. The van der Waals surface area contributed by atoms with Gasteiger partial charge in [-0.05, 0) is 40.1 Å². The summed E-state index contributed by atoms with van der Waals surface area (Å²) in [6.07, 6.45) is 0.988. The van der Waals surface area contributed by atoms with Crippen molar-refractivity contribution < 1.29 is 4.74 Å². The number of rotatable bonds is 8. The van der Waals surface area contributed by atoms with Crippen molar-refractivity contribution in [3.8, 4) is 5.75 Å². The molecule has 7 heteroatoms. The first-order chi connectivity index (χ1) is 14.8. The molecule has 30 heavy (non-hydrogen) atoms. The van der Waals surface area contributed by atoms with Crippen molar-refractivity contribution in [2.75, 3.05) is 33.3 Å². The van der Waals surface area contributed by atoms with Crippen LogP contribution in [0.4, 0.5) is 0 Å². The lowest BCUT2D eigenvalue weighted by Gasteiger charge is -2.38. The molecule has 0 bridgehead atoms. The lowest BCUT2D eigenvalue weighted by atomic mass is 10.1. The maximum Gasteiger partial charge on any atom is 0.168 e. The third kappa shape index (κ3) is 4.86. The highest BCUT2D eigenvalue weighted by Crippen LogP contribution is 2.24. The van der Waals surface area contributed by atoms with Crippen LogP contribution in [0.25, 0.3) is 0 Å². The van der Waals surface area contributed by atoms with Gasteiger partial charge in [0.25, 0.3) is 0 Å². The van der Waals surface area contributed by atoms with Gasteiger partial charge in [-0.25, -0.2) is 4.68 Å². The van der Waals surface area contributed by atoms with Crippen LogP contribution in [-0.2, 0) is 13.1 Å². The van der Waals surface area contributed by atoms with Crippen molar-refractivity contribution >= 4 is 0 Å². The largest absolute Gasteiger partial charge is 0.497 e. The molecule has 0 aliphatic carbocycles. The lowest BCUT2D eigenvalue weighted by Crippen LogP contribution is -2.47. The van der Waals surface area contributed by atoms with Gasteiger partial charge >= 0.3 is 0 Å². The highest BCUT2D eigenvalue weighted by Gasteiger charge is 2.28. The van der Waals surface area contributed by atoms with Crippen LogP contribution >= 0.6 is 0 Å². The monoisotopic (exact) mass is 406 g/mol. The van der Waals surface area contributed by atoms with Crippen LogP contribution < -0.4 is 4.74 Å². The van der Waals surface area contributed by atoms with Gasteiger partial charge in [-0.3, -0.25) is 9.80 Å². The van der Waals surface area contributed by atoms with Gasteiger partial charge in [0.1, 0.15) is 5.75 Å². The quantitative estimate of drug-likeness (QED) is 0.573. The van der Waals surface area contributed by atoms with E-state index in [2.05, 4.69) is 74.7 Å². The lowest BCUT2D eigenvalue weighted by molar-refractivity contribution is 0.0844. The van der Waals surface area contributed by atoms with E-state index >= 15 is 0 Å². The Morgan fingerprint density at radius 2 is 1.60 bits per heavy atom. The van der Waals surface area contributed by atoms with Gasteiger partial charge in [0.15, 0.2) is 5.82 Å².